The van der Waals surface area contributed by atoms with E-state index in [1.807, 2.05) is 31.2 Å². The van der Waals surface area contributed by atoms with Crippen LogP contribution in [0.25, 0.3) is 11.0 Å². The summed E-state index contributed by atoms with van der Waals surface area (Å²) in [6, 6.07) is 14.8. The monoisotopic (exact) mass is 479 g/mol. The zero-order valence-electron chi connectivity index (χ0n) is 19.3. The van der Waals surface area contributed by atoms with Gasteiger partial charge in [0.25, 0.3) is 11.5 Å². The first-order valence-electron chi connectivity index (χ1n) is 10.9. The molecule has 0 spiro atoms. The first-order valence-corrected chi connectivity index (χ1v) is 11.3. The van der Waals surface area contributed by atoms with Gasteiger partial charge in [-0.15, -0.1) is 0 Å². The predicted molar refractivity (Wildman–Crippen MR) is 131 cm³/mol. The number of aromatic nitrogens is 4. The van der Waals surface area contributed by atoms with Crippen LogP contribution in [-0.2, 0) is 17.9 Å². The number of hydrogen-bond donors (Lipinski definition) is 1. The summed E-state index contributed by atoms with van der Waals surface area (Å²) < 4.78 is 9.00. The molecule has 0 saturated heterocycles. The van der Waals surface area contributed by atoms with Gasteiger partial charge in [0.15, 0.2) is 11.2 Å². The third-order valence-electron chi connectivity index (χ3n) is 5.40. The van der Waals surface area contributed by atoms with Crippen molar-refractivity contribution in [3.8, 4) is 5.75 Å². The molecule has 0 aliphatic heterocycles. The van der Waals surface area contributed by atoms with E-state index in [4.69, 9.17) is 16.3 Å². The minimum Gasteiger partial charge on any atom is -0.478 e. The lowest BCUT2D eigenvalue weighted by Gasteiger charge is -2.25. The number of aryl methyl sites for hydroxylation is 1. The van der Waals surface area contributed by atoms with Crippen molar-refractivity contribution in [1.82, 2.24) is 24.6 Å². The molecule has 0 radical (unpaired) electrons. The number of ether oxygens (including phenoxy) is 1. The molecule has 34 heavy (non-hydrogen) atoms. The Bertz CT molecular complexity index is 1380. The normalized spacial score (nSPS) is 11.5. The second-order valence-corrected chi connectivity index (χ2v) is 9.03. The van der Waals surface area contributed by atoms with E-state index in [9.17, 15) is 9.59 Å². The highest BCUT2D eigenvalue weighted by Crippen LogP contribution is 2.21. The molecule has 2 aromatic heterocycles. The molecule has 2 aromatic carbocycles. The molecule has 176 valence electrons. The zero-order chi connectivity index (χ0) is 24.3. The molecule has 0 aliphatic rings. The number of benzene rings is 2. The summed E-state index contributed by atoms with van der Waals surface area (Å²) in [7, 11) is 0. The van der Waals surface area contributed by atoms with Crippen molar-refractivity contribution < 1.29 is 9.53 Å². The lowest BCUT2D eigenvalue weighted by atomic mass is 10.1. The Labute approximate surface area is 202 Å². The van der Waals surface area contributed by atoms with Gasteiger partial charge in [-0.05, 0) is 50.6 Å². The Morgan fingerprint density at radius 1 is 1.18 bits per heavy atom. The van der Waals surface area contributed by atoms with Crippen LogP contribution in [0.4, 0.5) is 0 Å². The number of nitrogens with one attached hydrogen (secondary N) is 1. The van der Waals surface area contributed by atoms with Gasteiger partial charge >= 0.3 is 0 Å². The highest BCUT2D eigenvalue weighted by Gasteiger charge is 2.29. The van der Waals surface area contributed by atoms with Crippen molar-refractivity contribution in [2.24, 2.45) is 0 Å². The van der Waals surface area contributed by atoms with E-state index in [0.29, 0.717) is 41.4 Å². The maximum Gasteiger partial charge on any atom is 0.264 e. The van der Waals surface area contributed by atoms with Crippen LogP contribution in [-0.4, -0.2) is 37.4 Å². The third kappa shape index (κ3) is 5.28. The first kappa shape index (κ1) is 23.5. The molecule has 0 saturated carbocycles. The molecule has 1 amide bonds. The van der Waals surface area contributed by atoms with Gasteiger partial charge in [-0.3, -0.25) is 14.2 Å². The average Bonchev–Trinajstić information content (AvgIpc) is 3.21. The van der Waals surface area contributed by atoms with Gasteiger partial charge in [-0.2, -0.15) is 5.10 Å². The number of nitrogens with zero attached hydrogens (tertiary/aromatic N) is 4. The molecule has 0 atom stereocenters. The molecule has 0 fully saturated rings. The minimum absolute atomic E-state index is 0.153. The van der Waals surface area contributed by atoms with Crippen molar-refractivity contribution in [2.45, 2.75) is 39.5 Å². The molecule has 2 heterocycles. The number of halogens is 1. The van der Waals surface area contributed by atoms with Crippen molar-refractivity contribution >= 4 is 28.5 Å². The molecular formula is C25H26ClN5O3. The second kappa shape index (κ2) is 9.69. The predicted octanol–water partition coefficient (Wildman–Crippen LogP) is 3.58. The van der Waals surface area contributed by atoms with E-state index in [-0.39, 0.29) is 11.5 Å². The molecule has 0 bridgehead atoms. The molecule has 9 heteroatoms. The number of rotatable bonds is 8. The Balaban J connectivity index is 1.39. The smallest absolute Gasteiger partial charge is 0.264 e. The van der Waals surface area contributed by atoms with E-state index in [0.717, 1.165) is 11.1 Å². The van der Waals surface area contributed by atoms with Crippen molar-refractivity contribution in [2.75, 3.05) is 6.54 Å². The molecule has 0 aliphatic carbocycles. The largest absolute Gasteiger partial charge is 0.478 e. The van der Waals surface area contributed by atoms with E-state index < -0.39 is 5.60 Å². The first-order chi connectivity index (χ1) is 16.2. The van der Waals surface area contributed by atoms with Crippen LogP contribution in [0.3, 0.4) is 0 Å². The van der Waals surface area contributed by atoms with Gasteiger partial charge in [0.2, 0.25) is 0 Å². The van der Waals surface area contributed by atoms with E-state index >= 15 is 0 Å². The van der Waals surface area contributed by atoms with Crippen molar-refractivity contribution in [1.29, 1.82) is 0 Å². The summed E-state index contributed by atoms with van der Waals surface area (Å²) in [6.07, 6.45) is 3.06. The quantitative estimate of drug-likeness (QED) is 0.417. The van der Waals surface area contributed by atoms with E-state index in [1.54, 1.807) is 47.4 Å². The zero-order valence-corrected chi connectivity index (χ0v) is 20.0. The van der Waals surface area contributed by atoms with Crippen LogP contribution < -0.4 is 15.6 Å². The highest BCUT2D eigenvalue weighted by molar-refractivity contribution is 6.30. The summed E-state index contributed by atoms with van der Waals surface area (Å²) in [5.41, 5.74) is 1.41. The number of hydrogen-bond acceptors (Lipinski definition) is 5. The van der Waals surface area contributed by atoms with Gasteiger partial charge in [0.05, 0.1) is 19.3 Å². The van der Waals surface area contributed by atoms with Crippen LogP contribution in [0, 0.1) is 6.92 Å². The highest BCUT2D eigenvalue weighted by atomic mass is 35.5. The van der Waals surface area contributed by atoms with Gasteiger partial charge in [-0.1, -0.05) is 41.4 Å². The van der Waals surface area contributed by atoms with E-state index in [2.05, 4.69) is 15.4 Å². The molecule has 4 aromatic rings. The fraction of sp³-hybridized carbons (Fsp3) is 0.280. The summed E-state index contributed by atoms with van der Waals surface area (Å²) in [5, 5.41) is 8.19. The number of carbonyl (C=O) groups excluding carboxylic acids is 1. The molecule has 0 unspecified atom stereocenters. The van der Waals surface area contributed by atoms with E-state index in [1.165, 1.54) is 12.5 Å². The van der Waals surface area contributed by atoms with Crippen LogP contribution in [0.15, 0.2) is 65.8 Å². The summed E-state index contributed by atoms with van der Waals surface area (Å²) in [4.78, 5) is 30.0. The number of carbonyl (C=O) groups is 1. The average molecular weight is 480 g/mol. The van der Waals surface area contributed by atoms with Gasteiger partial charge in [0, 0.05) is 11.6 Å². The van der Waals surface area contributed by atoms with Crippen molar-refractivity contribution in [3.63, 3.8) is 0 Å². The Morgan fingerprint density at radius 2 is 1.94 bits per heavy atom. The van der Waals surface area contributed by atoms with Crippen molar-refractivity contribution in [3.05, 3.63) is 87.6 Å². The molecule has 8 nitrogen and oxygen atoms in total. The fourth-order valence-corrected chi connectivity index (χ4v) is 3.74. The topological polar surface area (TPSA) is 91.0 Å². The van der Waals surface area contributed by atoms with Crippen LogP contribution in [0.2, 0.25) is 5.02 Å². The minimum atomic E-state index is -1.08. The lowest BCUT2D eigenvalue weighted by Crippen LogP contribution is -2.47. The fourth-order valence-electron chi connectivity index (χ4n) is 3.61. The molecule has 1 N–H and O–H groups in total. The summed E-state index contributed by atoms with van der Waals surface area (Å²) in [5.74, 6) is 0.279. The Hall–Kier alpha value is -3.65. The van der Waals surface area contributed by atoms with Gasteiger partial charge < -0.3 is 10.1 Å². The standard InChI is InChI=1S/C25H26ClN5O3/c1-17-5-4-6-18(13-17)15-30-16-28-22-21(23(30)32)14-29-31(22)12-11-27-24(33)25(2,3)34-20-9-7-19(26)8-10-20/h4-10,13-14,16H,11-12,15H2,1-3H3,(H,27,33). The maximum absolute atomic E-state index is 12.9. The SMILES string of the molecule is Cc1cccc(Cn2cnc3c(cnn3CCNC(=O)C(C)(C)Oc3ccc(Cl)cc3)c2=O)c1. The number of amides is 1. The van der Waals surface area contributed by atoms with Gasteiger partial charge in [0.1, 0.15) is 17.5 Å². The molecular weight excluding hydrogens is 454 g/mol. The van der Waals surface area contributed by atoms with Crippen LogP contribution >= 0.6 is 11.6 Å². The van der Waals surface area contributed by atoms with Gasteiger partial charge in [-0.25, -0.2) is 9.67 Å². The lowest BCUT2D eigenvalue weighted by molar-refractivity contribution is -0.134. The summed E-state index contributed by atoms with van der Waals surface area (Å²) in [6.45, 7) is 6.50. The van der Waals surface area contributed by atoms with Crippen LogP contribution in [0.1, 0.15) is 25.0 Å². The van der Waals surface area contributed by atoms with Crippen LogP contribution in [0.5, 0.6) is 5.75 Å². The Morgan fingerprint density at radius 3 is 2.68 bits per heavy atom. The second-order valence-electron chi connectivity index (χ2n) is 8.59. The number of fused-ring (bicyclic) bond motifs is 1. The molecule has 4 rings (SSSR count). The Kier molecular flexibility index (Phi) is 6.70. The maximum atomic E-state index is 12.9. The summed E-state index contributed by atoms with van der Waals surface area (Å²) >= 11 is 5.90. The third-order valence-corrected chi connectivity index (χ3v) is 5.65.